The van der Waals surface area contributed by atoms with Crippen LogP contribution in [-0.2, 0) is 0 Å². The number of carbonyl (C=O) groups excluding carboxylic acids is 1. The Morgan fingerprint density at radius 2 is 1.76 bits per heavy atom. The summed E-state index contributed by atoms with van der Waals surface area (Å²) in [5.41, 5.74) is -0.687. The number of aromatic hydroxyl groups is 3. The molecule has 0 aliphatic carbocycles. The third-order valence-corrected chi connectivity index (χ3v) is 5.50. The molecule has 0 saturated carbocycles. The summed E-state index contributed by atoms with van der Waals surface area (Å²) in [7, 11) is 7.15. The maximum Gasteiger partial charge on any atom is 0.200 e. The quantitative estimate of drug-likeness (QED) is 0.193. The van der Waals surface area contributed by atoms with Gasteiger partial charge in [-0.15, -0.1) is 0 Å². The molecule has 11 heteroatoms. The molecule has 29 heavy (non-hydrogen) atoms. The number of hydrogen-bond donors (Lipinski definition) is 5. The Kier molecular flexibility index (Phi) is 5.86. The first kappa shape index (κ1) is 21.5. The van der Waals surface area contributed by atoms with Gasteiger partial charge in [0.1, 0.15) is 31.0 Å². The second-order valence-electron chi connectivity index (χ2n) is 6.01. The minimum Gasteiger partial charge on any atom is -0.506 e. The van der Waals surface area contributed by atoms with Gasteiger partial charge in [-0.1, -0.05) is 0 Å². The molecule has 0 aliphatic rings. The molecular formula is C18H13BBr2O8. The van der Waals surface area contributed by atoms with Gasteiger partial charge in [-0.25, -0.2) is 0 Å². The van der Waals surface area contributed by atoms with Crippen LogP contribution in [0.25, 0.3) is 11.0 Å². The van der Waals surface area contributed by atoms with Gasteiger partial charge in [0.05, 0.1) is 33.6 Å². The number of carbonyl (C=O) groups is 1. The van der Waals surface area contributed by atoms with Crippen molar-refractivity contribution in [2.24, 2.45) is 0 Å². The molecule has 0 amide bonds. The molecule has 2 aromatic carbocycles. The van der Waals surface area contributed by atoms with Crippen molar-refractivity contribution in [2.75, 3.05) is 13.7 Å². The maximum absolute atomic E-state index is 13.3. The van der Waals surface area contributed by atoms with Crippen molar-refractivity contribution in [3.8, 4) is 23.0 Å². The average Bonchev–Trinajstić information content (AvgIpc) is 3.10. The third-order valence-electron chi connectivity index (χ3n) is 4.29. The summed E-state index contributed by atoms with van der Waals surface area (Å²) >= 11 is 6.25. The van der Waals surface area contributed by atoms with E-state index in [0.717, 1.165) is 0 Å². The molecule has 1 atom stereocenters. The average molecular weight is 528 g/mol. The van der Waals surface area contributed by atoms with Gasteiger partial charge in [-0.2, -0.15) is 0 Å². The van der Waals surface area contributed by atoms with Crippen LogP contribution in [0.5, 0.6) is 23.0 Å². The second kappa shape index (κ2) is 7.90. The van der Waals surface area contributed by atoms with Gasteiger partial charge in [0.2, 0.25) is 5.75 Å². The highest BCUT2D eigenvalue weighted by Gasteiger charge is 2.32. The normalized spacial score (nSPS) is 12.3. The van der Waals surface area contributed by atoms with Gasteiger partial charge in [0.15, 0.2) is 17.3 Å². The van der Waals surface area contributed by atoms with E-state index in [4.69, 9.17) is 17.0 Å². The van der Waals surface area contributed by atoms with Gasteiger partial charge in [0.25, 0.3) is 0 Å². The lowest BCUT2D eigenvalue weighted by Gasteiger charge is -2.11. The summed E-state index contributed by atoms with van der Waals surface area (Å²) < 4.78 is 10.9. The fraction of sp³-hybridized carbons (Fsp3) is 0.167. The summed E-state index contributed by atoms with van der Waals surface area (Å²) in [6, 6.07) is 2.64. The van der Waals surface area contributed by atoms with E-state index in [0.29, 0.717) is 0 Å². The van der Waals surface area contributed by atoms with E-state index < -0.39 is 30.0 Å². The molecular weight excluding hydrogens is 515 g/mol. The highest BCUT2D eigenvalue weighted by Crippen LogP contribution is 2.45. The Morgan fingerprint density at radius 3 is 2.28 bits per heavy atom. The number of ketones is 1. The summed E-state index contributed by atoms with van der Waals surface area (Å²) in [5, 5.41) is 49.9. The van der Waals surface area contributed by atoms with E-state index in [1.165, 1.54) is 19.2 Å². The number of rotatable bonds is 5. The standard InChI is InChI=1S/C18H13BBr2O8/c1-28-18-11(19)17-10(14(26)15(18)27)9(16(29-17)8(23)4-22)12(24)5-2-6(20)13(25)7(21)3-5/h2-3,8,22-23,25-27H,4H2,1H3. The molecule has 1 unspecified atom stereocenters. The van der Waals surface area contributed by atoms with Gasteiger partial charge in [-0.3, -0.25) is 4.79 Å². The Bertz CT molecular complexity index is 1120. The number of phenolic OH excluding ortho intramolecular Hbond substituents is 3. The fourth-order valence-electron chi connectivity index (χ4n) is 2.91. The third kappa shape index (κ3) is 3.37. The molecule has 2 radical (unpaired) electrons. The minimum atomic E-state index is -1.61. The van der Waals surface area contributed by atoms with Crippen LogP contribution >= 0.6 is 31.9 Å². The van der Waals surface area contributed by atoms with Gasteiger partial charge in [-0.05, 0) is 49.5 Å². The molecule has 1 heterocycles. The van der Waals surface area contributed by atoms with Crippen LogP contribution in [0.4, 0.5) is 0 Å². The molecule has 0 spiro atoms. The van der Waals surface area contributed by atoms with Gasteiger partial charge >= 0.3 is 0 Å². The molecule has 8 nitrogen and oxygen atoms in total. The van der Waals surface area contributed by atoms with E-state index in [1.807, 2.05) is 0 Å². The molecule has 150 valence electrons. The first-order valence-electron chi connectivity index (χ1n) is 7.99. The smallest absolute Gasteiger partial charge is 0.200 e. The monoisotopic (exact) mass is 526 g/mol. The molecule has 5 N–H and O–H groups in total. The molecule has 0 fully saturated rings. The van der Waals surface area contributed by atoms with Crippen molar-refractivity contribution in [3.63, 3.8) is 0 Å². The van der Waals surface area contributed by atoms with Crippen LogP contribution in [0.1, 0.15) is 27.8 Å². The fourth-order valence-corrected chi connectivity index (χ4v) is 4.10. The molecule has 0 bridgehead atoms. The number of methoxy groups -OCH3 is 1. The number of phenols is 3. The van der Waals surface area contributed by atoms with Gasteiger partial charge in [0, 0.05) is 5.56 Å². The summed E-state index contributed by atoms with van der Waals surface area (Å²) in [6.45, 7) is -0.785. The maximum atomic E-state index is 13.3. The topological polar surface area (TPSA) is 141 Å². The number of aliphatic hydroxyl groups excluding tert-OH is 2. The Balaban J connectivity index is 2.40. The van der Waals surface area contributed by atoms with Crippen LogP contribution in [0.3, 0.4) is 0 Å². The lowest BCUT2D eigenvalue weighted by atomic mass is 9.89. The predicted molar refractivity (Wildman–Crippen MR) is 110 cm³/mol. The van der Waals surface area contributed by atoms with Crippen LogP contribution < -0.4 is 10.2 Å². The number of halogens is 2. The molecule has 3 rings (SSSR count). The van der Waals surface area contributed by atoms with E-state index in [9.17, 15) is 30.3 Å². The predicted octanol–water partition coefficient (Wildman–Crippen LogP) is 2.13. The van der Waals surface area contributed by atoms with Crippen molar-refractivity contribution in [1.82, 2.24) is 0 Å². The first-order chi connectivity index (χ1) is 13.6. The minimum absolute atomic E-state index is 0.0453. The number of ether oxygens (including phenoxy) is 1. The first-order valence-corrected chi connectivity index (χ1v) is 9.57. The van der Waals surface area contributed by atoms with Crippen molar-refractivity contribution in [3.05, 3.63) is 38.0 Å². The van der Waals surface area contributed by atoms with Crippen molar-refractivity contribution in [2.45, 2.75) is 6.10 Å². The lowest BCUT2D eigenvalue weighted by molar-refractivity contribution is 0.0768. The Labute approximate surface area is 182 Å². The van der Waals surface area contributed by atoms with Gasteiger partial charge < -0.3 is 34.7 Å². The van der Waals surface area contributed by atoms with E-state index in [2.05, 4.69) is 31.9 Å². The van der Waals surface area contributed by atoms with Crippen molar-refractivity contribution >= 4 is 61.9 Å². The SMILES string of the molecule is [B]c1c(OC)c(O)c(O)c2c(C(=O)c3cc(Br)c(O)c(Br)c3)c(C(O)CO)oc12. The number of benzene rings is 2. The zero-order chi connectivity index (χ0) is 21.6. The van der Waals surface area contributed by atoms with Crippen LogP contribution in [0, 0.1) is 0 Å². The highest BCUT2D eigenvalue weighted by atomic mass is 79.9. The molecule has 0 saturated heterocycles. The number of furan rings is 1. The van der Waals surface area contributed by atoms with E-state index >= 15 is 0 Å². The molecule has 0 aliphatic heterocycles. The van der Waals surface area contributed by atoms with Crippen LogP contribution in [0.15, 0.2) is 25.5 Å². The molecule has 1 aromatic heterocycles. The number of hydrogen-bond acceptors (Lipinski definition) is 8. The number of fused-ring (bicyclic) bond motifs is 1. The largest absolute Gasteiger partial charge is 0.506 e. The summed E-state index contributed by atoms with van der Waals surface area (Å²) in [5.74, 6) is -2.96. The second-order valence-corrected chi connectivity index (χ2v) is 7.71. The highest BCUT2D eigenvalue weighted by molar-refractivity contribution is 9.11. The van der Waals surface area contributed by atoms with E-state index in [1.54, 1.807) is 0 Å². The summed E-state index contributed by atoms with van der Waals surface area (Å²) in [6.07, 6.45) is -1.61. The zero-order valence-corrected chi connectivity index (χ0v) is 17.9. The molecule has 3 aromatic rings. The van der Waals surface area contributed by atoms with Crippen LogP contribution in [-0.4, -0.2) is 52.9 Å². The lowest BCUT2D eigenvalue weighted by Crippen LogP contribution is -2.10. The summed E-state index contributed by atoms with van der Waals surface area (Å²) in [4.78, 5) is 13.3. The van der Waals surface area contributed by atoms with Crippen molar-refractivity contribution < 1.29 is 39.5 Å². The number of aliphatic hydroxyl groups is 2. The zero-order valence-electron chi connectivity index (χ0n) is 14.7. The Hall–Kier alpha value is -2.21. The Morgan fingerprint density at radius 1 is 1.17 bits per heavy atom. The van der Waals surface area contributed by atoms with Crippen molar-refractivity contribution in [1.29, 1.82) is 0 Å². The van der Waals surface area contributed by atoms with E-state index in [-0.39, 0.29) is 53.8 Å². The van der Waals surface area contributed by atoms with Crippen LogP contribution in [0.2, 0.25) is 0 Å².